The molecular weight excluding hydrogens is 329 g/mol. The van der Waals surface area contributed by atoms with E-state index in [0.29, 0.717) is 16.7 Å². The van der Waals surface area contributed by atoms with Crippen molar-refractivity contribution in [1.29, 1.82) is 0 Å². The molecule has 1 heterocycles. The summed E-state index contributed by atoms with van der Waals surface area (Å²) in [6, 6.07) is 9.56. The topological polar surface area (TPSA) is 43.4 Å². The van der Waals surface area contributed by atoms with Crippen LogP contribution in [0.4, 0.5) is 13.2 Å². The van der Waals surface area contributed by atoms with Crippen LogP contribution in [0, 0.1) is 0 Å². The normalized spacial score (nSPS) is 16.3. The molecule has 120 valence electrons. The summed E-state index contributed by atoms with van der Waals surface area (Å²) in [6.07, 6.45) is -1.29. The van der Waals surface area contributed by atoms with Crippen LogP contribution >= 0.6 is 0 Å². The fourth-order valence-electron chi connectivity index (χ4n) is 2.25. The van der Waals surface area contributed by atoms with Gasteiger partial charge in [-0.3, -0.25) is 0 Å². The predicted octanol–water partition coefficient (Wildman–Crippen LogP) is 4.11. The fraction of sp³-hybridized carbons (Fsp3) is 0.125. The van der Waals surface area contributed by atoms with Gasteiger partial charge in [0.15, 0.2) is 0 Å². The molecule has 0 N–H and O–H groups in total. The lowest BCUT2D eigenvalue weighted by atomic mass is 10.0. The lowest BCUT2D eigenvalue weighted by Crippen LogP contribution is -2.11. The van der Waals surface area contributed by atoms with Crippen molar-refractivity contribution in [2.45, 2.75) is 6.18 Å². The van der Waals surface area contributed by atoms with Crippen LogP contribution in [-0.2, 0) is 16.3 Å². The van der Waals surface area contributed by atoms with Crippen LogP contribution in [0.2, 0.25) is 0 Å². The summed E-state index contributed by atoms with van der Waals surface area (Å²) in [5.74, 6) is -0.0217. The molecule has 0 saturated heterocycles. The standard InChI is InChI=1S/C16H11F3O3S/c17-16(18,19)14-6-3-11(4-7-14)12-5-8-15-13(10-12)2-1-9-23(20,21)22-15/h1-8,10H,9H2. The van der Waals surface area contributed by atoms with Gasteiger partial charge in [0.2, 0.25) is 0 Å². The van der Waals surface area contributed by atoms with Crippen LogP contribution < -0.4 is 4.18 Å². The highest BCUT2D eigenvalue weighted by molar-refractivity contribution is 7.87. The van der Waals surface area contributed by atoms with E-state index >= 15 is 0 Å². The van der Waals surface area contributed by atoms with Gasteiger partial charge >= 0.3 is 16.3 Å². The molecule has 2 aromatic rings. The molecule has 7 heteroatoms. The number of rotatable bonds is 1. The van der Waals surface area contributed by atoms with E-state index < -0.39 is 21.9 Å². The van der Waals surface area contributed by atoms with Crippen molar-refractivity contribution in [3.63, 3.8) is 0 Å². The first kappa shape index (κ1) is 15.6. The van der Waals surface area contributed by atoms with Crippen molar-refractivity contribution in [2.24, 2.45) is 0 Å². The van der Waals surface area contributed by atoms with Crippen molar-refractivity contribution in [3.8, 4) is 16.9 Å². The average molecular weight is 340 g/mol. The Morgan fingerprint density at radius 1 is 0.957 bits per heavy atom. The number of fused-ring (bicyclic) bond motifs is 1. The average Bonchev–Trinajstić information content (AvgIpc) is 2.62. The highest BCUT2D eigenvalue weighted by Crippen LogP contribution is 2.33. The third-order valence-electron chi connectivity index (χ3n) is 3.37. The maximum Gasteiger partial charge on any atom is 0.416 e. The molecule has 2 aromatic carbocycles. The lowest BCUT2D eigenvalue weighted by Gasteiger charge is -2.10. The second-order valence-electron chi connectivity index (χ2n) is 5.04. The van der Waals surface area contributed by atoms with E-state index in [0.717, 1.165) is 12.1 Å². The second kappa shape index (κ2) is 5.42. The molecule has 0 unspecified atom stereocenters. The summed E-state index contributed by atoms with van der Waals surface area (Å²) in [5.41, 5.74) is 1.11. The molecule has 0 aromatic heterocycles. The molecule has 0 saturated carbocycles. The van der Waals surface area contributed by atoms with E-state index in [-0.39, 0.29) is 11.5 Å². The molecule has 0 bridgehead atoms. The molecular formula is C16H11F3O3S. The summed E-state index contributed by atoms with van der Waals surface area (Å²) < 4.78 is 65.8. The third-order valence-corrected chi connectivity index (χ3v) is 4.40. The quantitative estimate of drug-likeness (QED) is 0.734. The van der Waals surface area contributed by atoms with Crippen LogP contribution in [0.3, 0.4) is 0 Å². The zero-order valence-corrected chi connectivity index (χ0v) is 12.5. The first-order valence-corrected chi connectivity index (χ1v) is 8.23. The highest BCUT2D eigenvalue weighted by Gasteiger charge is 2.30. The number of hydrogen-bond acceptors (Lipinski definition) is 3. The van der Waals surface area contributed by atoms with Crippen molar-refractivity contribution in [1.82, 2.24) is 0 Å². The lowest BCUT2D eigenvalue weighted by molar-refractivity contribution is -0.137. The van der Waals surface area contributed by atoms with Gasteiger partial charge in [-0.05, 0) is 35.4 Å². The van der Waals surface area contributed by atoms with Gasteiger partial charge < -0.3 is 4.18 Å². The van der Waals surface area contributed by atoms with Gasteiger partial charge in [0.1, 0.15) is 11.5 Å². The zero-order chi connectivity index (χ0) is 16.7. The number of benzene rings is 2. The van der Waals surface area contributed by atoms with E-state index in [1.54, 1.807) is 18.2 Å². The number of hydrogen-bond donors (Lipinski definition) is 0. The Hall–Kier alpha value is -2.28. The van der Waals surface area contributed by atoms with E-state index in [2.05, 4.69) is 0 Å². The molecule has 0 spiro atoms. The summed E-state index contributed by atoms with van der Waals surface area (Å²) in [7, 11) is -3.64. The SMILES string of the molecule is O=S1(=O)CC=Cc2cc(-c3ccc(C(F)(F)F)cc3)ccc2O1. The Labute approximate surface area is 131 Å². The minimum atomic E-state index is -4.38. The van der Waals surface area contributed by atoms with Gasteiger partial charge in [0.25, 0.3) is 0 Å². The third kappa shape index (κ3) is 3.39. The summed E-state index contributed by atoms with van der Waals surface area (Å²) in [4.78, 5) is 0. The molecule has 3 rings (SSSR count). The minimum Gasteiger partial charge on any atom is -0.382 e. The molecule has 0 amide bonds. The maximum absolute atomic E-state index is 12.6. The summed E-state index contributed by atoms with van der Waals surface area (Å²) in [5, 5.41) is 0. The van der Waals surface area contributed by atoms with Crippen LogP contribution in [0.5, 0.6) is 5.75 Å². The van der Waals surface area contributed by atoms with E-state index in [9.17, 15) is 21.6 Å². The molecule has 0 radical (unpaired) electrons. The van der Waals surface area contributed by atoms with E-state index in [4.69, 9.17) is 4.18 Å². The molecule has 1 aliphatic heterocycles. The van der Waals surface area contributed by atoms with Crippen LogP contribution in [0.1, 0.15) is 11.1 Å². The zero-order valence-electron chi connectivity index (χ0n) is 11.7. The van der Waals surface area contributed by atoms with Crippen LogP contribution in [0.25, 0.3) is 17.2 Å². The van der Waals surface area contributed by atoms with Gasteiger partial charge in [-0.2, -0.15) is 21.6 Å². The van der Waals surface area contributed by atoms with Crippen molar-refractivity contribution in [2.75, 3.05) is 5.75 Å². The van der Waals surface area contributed by atoms with Crippen LogP contribution in [-0.4, -0.2) is 14.2 Å². The molecule has 3 nitrogen and oxygen atoms in total. The Bertz CT molecular complexity index is 866. The Morgan fingerprint density at radius 3 is 2.26 bits per heavy atom. The van der Waals surface area contributed by atoms with E-state index in [1.165, 1.54) is 24.3 Å². The van der Waals surface area contributed by atoms with E-state index in [1.807, 2.05) is 0 Å². The second-order valence-corrected chi connectivity index (χ2v) is 6.65. The van der Waals surface area contributed by atoms with Crippen molar-refractivity contribution in [3.05, 3.63) is 59.7 Å². The highest BCUT2D eigenvalue weighted by atomic mass is 32.2. The Morgan fingerprint density at radius 2 is 1.61 bits per heavy atom. The first-order chi connectivity index (χ1) is 10.7. The van der Waals surface area contributed by atoms with Gasteiger partial charge in [-0.1, -0.05) is 30.4 Å². The largest absolute Gasteiger partial charge is 0.416 e. The van der Waals surface area contributed by atoms with Crippen molar-refractivity contribution < 1.29 is 25.8 Å². The molecule has 0 fully saturated rings. The predicted molar refractivity (Wildman–Crippen MR) is 80.3 cm³/mol. The Kier molecular flexibility index (Phi) is 3.68. The van der Waals surface area contributed by atoms with Crippen LogP contribution in [0.15, 0.2) is 48.5 Å². The molecule has 23 heavy (non-hydrogen) atoms. The van der Waals surface area contributed by atoms with Gasteiger partial charge in [-0.15, -0.1) is 0 Å². The smallest absolute Gasteiger partial charge is 0.382 e. The monoisotopic (exact) mass is 340 g/mol. The van der Waals surface area contributed by atoms with Crippen molar-refractivity contribution >= 4 is 16.2 Å². The number of alkyl halides is 3. The molecule has 0 aliphatic carbocycles. The summed E-state index contributed by atoms with van der Waals surface area (Å²) in [6.45, 7) is 0. The Balaban J connectivity index is 1.98. The van der Waals surface area contributed by atoms with Gasteiger partial charge in [0.05, 0.1) is 5.56 Å². The minimum absolute atomic E-state index is 0.203. The summed E-state index contributed by atoms with van der Waals surface area (Å²) >= 11 is 0. The molecule has 0 atom stereocenters. The van der Waals surface area contributed by atoms with Gasteiger partial charge in [0, 0.05) is 5.56 Å². The van der Waals surface area contributed by atoms with Gasteiger partial charge in [-0.25, -0.2) is 0 Å². The number of halogens is 3. The fourth-order valence-corrected chi connectivity index (χ4v) is 3.07. The maximum atomic E-state index is 12.6. The first-order valence-electron chi connectivity index (χ1n) is 6.65. The molecule has 1 aliphatic rings.